The fraction of sp³-hybridized carbons (Fsp3) is 0.364. The third-order valence-corrected chi connectivity index (χ3v) is 6.36. The third kappa shape index (κ3) is 3.87. The third-order valence-electron chi connectivity index (χ3n) is 5.45. The minimum absolute atomic E-state index is 0.149. The van der Waals surface area contributed by atoms with E-state index in [1.165, 1.54) is 24.2 Å². The molecule has 0 unspecified atom stereocenters. The molecule has 1 aromatic carbocycles. The number of hydrogen-bond acceptors (Lipinski definition) is 4. The molecule has 28 heavy (non-hydrogen) atoms. The van der Waals surface area contributed by atoms with E-state index in [4.69, 9.17) is 4.74 Å². The number of amides is 2. The van der Waals surface area contributed by atoms with Gasteiger partial charge < -0.3 is 9.30 Å². The van der Waals surface area contributed by atoms with Crippen molar-refractivity contribution >= 4 is 29.0 Å². The highest BCUT2D eigenvalue weighted by molar-refractivity contribution is 8.18. The molecule has 1 saturated heterocycles. The quantitative estimate of drug-likeness (QED) is 0.660. The lowest BCUT2D eigenvalue weighted by Gasteiger charge is -2.25. The summed E-state index contributed by atoms with van der Waals surface area (Å²) in [5.74, 6) is 1.08. The molecule has 4 rings (SSSR count). The molecule has 146 valence electrons. The van der Waals surface area contributed by atoms with E-state index in [0.29, 0.717) is 17.4 Å². The first-order valence-electron chi connectivity index (χ1n) is 9.73. The van der Waals surface area contributed by atoms with Gasteiger partial charge >= 0.3 is 0 Å². The standard InChI is InChI=1S/C22H24N2O3S/c1-27-19-11-9-17(10-12-19)23-13-5-8-18(23)14-20-21(25)24(22(26)28-20)15-16-6-3-2-4-7-16/h5,8-14,16H,2-4,6-7,15H2,1H3/b20-14+. The number of imide groups is 1. The van der Waals surface area contributed by atoms with Gasteiger partial charge in [-0.1, -0.05) is 19.3 Å². The molecule has 2 amide bonds. The van der Waals surface area contributed by atoms with Crippen LogP contribution in [0.2, 0.25) is 0 Å². The molecule has 0 atom stereocenters. The number of nitrogens with zero attached hydrogens (tertiary/aromatic N) is 2. The van der Waals surface area contributed by atoms with Crippen LogP contribution in [0.3, 0.4) is 0 Å². The number of carbonyl (C=O) groups is 2. The van der Waals surface area contributed by atoms with Crippen molar-refractivity contribution in [1.82, 2.24) is 9.47 Å². The van der Waals surface area contributed by atoms with Crippen molar-refractivity contribution in [3.05, 3.63) is 53.2 Å². The predicted octanol–water partition coefficient (Wildman–Crippen LogP) is 5.10. The van der Waals surface area contributed by atoms with Crippen molar-refractivity contribution in [2.75, 3.05) is 13.7 Å². The molecule has 1 aliphatic carbocycles. The molecule has 6 heteroatoms. The van der Waals surface area contributed by atoms with Gasteiger partial charge in [0.1, 0.15) is 5.75 Å². The van der Waals surface area contributed by atoms with Gasteiger partial charge in [0.2, 0.25) is 0 Å². The summed E-state index contributed by atoms with van der Waals surface area (Å²) in [6.07, 6.45) is 9.65. The molecule has 2 aromatic rings. The fourth-order valence-corrected chi connectivity index (χ4v) is 4.74. The van der Waals surface area contributed by atoms with E-state index in [0.717, 1.165) is 41.7 Å². The Morgan fingerprint density at radius 2 is 1.86 bits per heavy atom. The maximum Gasteiger partial charge on any atom is 0.293 e. The summed E-state index contributed by atoms with van der Waals surface area (Å²) in [4.78, 5) is 27.2. The van der Waals surface area contributed by atoms with Crippen LogP contribution >= 0.6 is 11.8 Å². The zero-order chi connectivity index (χ0) is 19.5. The normalized spacial score (nSPS) is 19.6. The Morgan fingerprint density at radius 3 is 2.57 bits per heavy atom. The van der Waals surface area contributed by atoms with Gasteiger partial charge in [0.25, 0.3) is 11.1 Å². The molecule has 2 heterocycles. The average molecular weight is 397 g/mol. The number of rotatable bonds is 5. The van der Waals surface area contributed by atoms with E-state index in [1.54, 1.807) is 7.11 Å². The summed E-state index contributed by atoms with van der Waals surface area (Å²) in [6.45, 7) is 0.557. The van der Waals surface area contributed by atoms with Crippen LogP contribution < -0.4 is 4.74 Å². The molecule has 1 aliphatic heterocycles. The Balaban J connectivity index is 1.54. The molecule has 5 nitrogen and oxygen atoms in total. The second kappa shape index (κ2) is 8.27. The molecule has 0 N–H and O–H groups in total. The molecule has 0 radical (unpaired) electrons. The molecule has 1 aromatic heterocycles. The first kappa shape index (κ1) is 18.9. The van der Waals surface area contributed by atoms with Gasteiger partial charge in [-0.15, -0.1) is 0 Å². The smallest absolute Gasteiger partial charge is 0.293 e. The average Bonchev–Trinajstić information content (AvgIpc) is 3.29. The van der Waals surface area contributed by atoms with E-state index in [2.05, 4.69) is 0 Å². The van der Waals surface area contributed by atoms with Crippen LogP contribution in [0.5, 0.6) is 5.75 Å². The van der Waals surface area contributed by atoms with Gasteiger partial charge in [0, 0.05) is 24.1 Å². The second-order valence-corrected chi connectivity index (χ2v) is 8.29. The van der Waals surface area contributed by atoms with Gasteiger partial charge in [-0.3, -0.25) is 14.5 Å². The highest BCUT2D eigenvalue weighted by atomic mass is 32.2. The summed E-state index contributed by atoms with van der Waals surface area (Å²) in [6, 6.07) is 11.6. The SMILES string of the molecule is COc1ccc(-n2cccc2/C=C2/SC(=O)N(CC3CCCCC3)C2=O)cc1. The number of benzene rings is 1. The van der Waals surface area contributed by atoms with E-state index >= 15 is 0 Å². The van der Waals surface area contributed by atoms with Crippen LogP contribution in [0.25, 0.3) is 11.8 Å². The summed E-state index contributed by atoms with van der Waals surface area (Å²) in [5, 5.41) is -0.149. The number of aromatic nitrogens is 1. The van der Waals surface area contributed by atoms with Gasteiger partial charge in [0.15, 0.2) is 0 Å². The highest BCUT2D eigenvalue weighted by Crippen LogP contribution is 2.35. The maximum absolute atomic E-state index is 12.8. The number of ether oxygens (including phenoxy) is 1. The summed E-state index contributed by atoms with van der Waals surface area (Å²) < 4.78 is 7.21. The highest BCUT2D eigenvalue weighted by Gasteiger charge is 2.36. The Hall–Kier alpha value is -2.47. The van der Waals surface area contributed by atoms with E-state index in [9.17, 15) is 9.59 Å². The zero-order valence-corrected chi connectivity index (χ0v) is 16.8. The van der Waals surface area contributed by atoms with Crippen LogP contribution in [0, 0.1) is 5.92 Å². The van der Waals surface area contributed by atoms with Crippen molar-refractivity contribution in [3.8, 4) is 11.4 Å². The number of thioether (sulfide) groups is 1. The fourth-order valence-electron chi connectivity index (χ4n) is 3.91. The molecule has 2 aliphatic rings. The maximum atomic E-state index is 12.8. The molecule has 2 fully saturated rings. The molecule has 0 spiro atoms. The second-order valence-electron chi connectivity index (χ2n) is 7.30. The van der Waals surface area contributed by atoms with Crippen molar-refractivity contribution in [1.29, 1.82) is 0 Å². The number of carbonyl (C=O) groups excluding carboxylic acids is 2. The molecular weight excluding hydrogens is 372 g/mol. The Bertz CT molecular complexity index is 895. The van der Waals surface area contributed by atoms with E-state index < -0.39 is 0 Å². The largest absolute Gasteiger partial charge is 0.497 e. The Kier molecular flexibility index (Phi) is 5.57. The molecule has 1 saturated carbocycles. The van der Waals surface area contributed by atoms with Crippen molar-refractivity contribution in [2.45, 2.75) is 32.1 Å². The topological polar surface area (TPSA) is 51.5 Å². The summed E-state index contributed by atoms with van der Waals surface area (Å²) >= 11 is 1.04. The van der Waals surface area contributed by atoms with Crippen LogP contribution in [-0.4, -0.2) is 34.3 Å². The first-order chi connectivity index (χ1) is 13.7. The monoisotopic (exact) mass is 396 g/mol. The molecular formula is C22H24N2O3S. The summed E-state index contributed by atoms with van der Waals surface area (Å²) in [5.41, 5.74) is 1.84. The summed E-state index contributed by atoms with van der Waals surface area (Å²) in [7, 11) is 1.64. The minimum atomic E-state index is -0.164. The molecule has 0 bridgehead atoms. The van der Waals surface area contributed by atoms with Crippen LogP contribution in [0.1, 0.15) is 37.8 Å². The van der Waals surface area contributed by atoms with Gasteiger partial charge in [-0.25, -0.2) is 0 Å². The van der Waals surface area contributed by atoms with Crippen LogP contribution in [0.15, 0.2) is 47.5 Å². The zero-order valence-electron chi connectivity index (χ0n) is 16.0. The predicted molar refractivity (Wildman–Crippen MR) is 112 cm³/mol. The lowest BCUT2D eigenvalue weighted by atomic mass is 9.89. The first-order valence-corrected chi connectivity index (χ1v) is 10.5. The number of methoxy groups -OCH3 is 1. The van der Waals surface area contributed by atoms with Crippen LogP contribution in [-0.2, 0) is 4.79 Å². The van der Waals surface area contributed by atoms with E-state index in [-0.39, 0.29) is 11.1 Å². The number of hydrogen-bond donors (Lipinski definition) is 0. The van der Waals surface area contributed by atoms with Crippen molar-refractivity contribution in [3.63, 3.8) is 0 Å². The lowest BCUT2D eigenvalue weighted by molar-refractivity contribution is -0.123. The van der Waals surface area contributed by atoms with Gasteiger partial charge in [0.05, 0.1) is 12.0 Å². The Morgan fingerprint density at radius 1 is 1.11 bits per heavy atom. The van der Waals surface area contributed by atoms with Gasteiger partial charge in [-0.2, -0.15) is 0 Å². The van der Waals surface area contributed by atoms with Crippen molar-refractivity contribution < 1.29 is 14.3 Å². The van der Waals surface area contributed by atoms with Crippen molar-refractivity contribution in [2.24, 2.45) is 5.92 Å². The lowest BCUT2D eigenvalue weighted by Crippen LogP contribution is -2.34. The van der Waals surface area contributed by atoms with Gasteiger partial charge in [-0.05, 0) is 73.0 Å². The Labute approximate surface area is 169 Å². The van der Waals surface area contributed by atoms with Crippen LogP contribution in [0.4, 0.5) is 4.79 Å². The van der Waals surface area contributed by atoms with E-state index in [1.807, 2.05) is 53.2 Å². The minimum Gasteiger partial charge on any atom is -0.497 e.